The predicted octanol–water partition coefficient (Wildman–Crippen LogP) is 0.117. The van der Waals surface area contributed by atoms with Crippen LogP contribution in [0.3, 0.4) is 0 Å². The third-order valence-corrected chi connectivity index (χ3v) is 2.74. The Labute approximate surface area is 113 Å². The highest BCUT2D eigenvalue weighted by atomic mass is 16.5. The van der Waals surface area contributed by atoms with E-state index in [1.807, 2.05) is 0 Å². The van der Waals surface area contributed by atoms with Crippen LogP contribution in [0.2, 0.25) is 0 Å². The number of methoxy groups -OCH3 is 1. The van der Waals surface area contributed by atoms with Crippen molar-refractivity contribution >= 4 is 23.0 Å². The molecule has 0 aliphatic carbocycles. The van der Waals surface area contributed by atoms with E-state index in [-0.39, 0.29) is 29.6 Å². The first-order valence-electron chi connectivity index (χ1n) is 5.86. The summed E-state index contributed by atoms with van der Waals surface area (Å²) in [6.45, 7) is 1.67. The molecule has 8 nitrogen and oxygen atoms in total. The Morgan fingerprint density at radius 1 is 1.50 bits per heavy atom. The number of ether oxygens (including phenoxy) is 1. The van der Waals surface area contributed by atoms with E-state index in [0.717, 1.165) is 0 Å². The molecule has 2 aromatic rings. The Kier molecular flexibility index (Phi) is 3.83. The fourth-order valence-electron chi connectivity index (χ4n) is 1.80. The fourth-order valence-corrected chi connectivity index (χ4v) is 1.80. The number of fused-ring (bicyclic) bond motifs is 1. The van der Waals surface area contributed by atoms with Crippen molar-refractivity contribution in [2.45, 2.75) is 13.3 Å². The average molecular weight is 279 g/mol. The summed E-state index contributed by atoms with van der Waals surface area (Å²) in [5.74, 6) is -0.637. The Morgan fingerprint density at radius 3 is 2.95 bits per heavy atom. The summed E-state index contributed by atoms with van der Waals surface area (Å²) in [6.07, 6.45) is 1.25. The van der Waals surface area contributed by atoms with E-state index in [4.69, 9.17) is 4.42 Å². The normalized spacial score (nSPS) is 10.5. The Balaban J connectivity index is 2.24. The molecule has 1 amide bonds. The first-order chi connectivity index (χ1) is 9.54. The topological polar surface area (TPSA) is 114 Å². The van der Waals surface area contributed by atoms with E-state index >= 15 is 0 Å². The minimum absolute atomic E-state index is 0.0473. The fraction of sp³-hybridized carbons (Fsp3) is 0.333. The van der Waals surface area contributed by atoms with Crippen LogP contribution in [0.1, 0.15) is 22.5 Å². The lowest BCUT2D eigenvalue weighted by Crippen LogP contribution is -2.27. The van der Waals surface area contributed by atoms with Gasteiger partial charge in [0, 0.05) is 6.54 Å². The van der Waals surface area contributed by atoms with Gasteiger partial charge in [-0.05, 0) is 6.92 Å². The van der Waals surface area contributed by atoms with Crippen molar-refractivity contribution in [3.63, 3.8) is 0 Å². The van der Waals surface area contributed by atoms with Gasteiger partial charge in [-0.1, -0.05) is 0 Å². The van der Waals surface area contributed by atoms with E-state index in [1.165, 1.54) is 13.4 Å². The quantitative estimate of drug-likeness (QED) is 0.768. The third kappa shape index (κ3) is 2.53. The number of rotatable bonds is 4. The van der Waals surface area contributed by atoms with Gasteiger partial charge in [0.1, 0.15) is 11.1 Å². The molecule has 2 aromatic heterocycles. The molecule has 0 saturated carbocycles. The number of carbonyl (C=O) groups excluding carboxylic acids is 2. The van der Waals surface area contributed by atoms with E-state index in [0.29, 0.717) is 5.76 Å². The molecule has 2 rings (SSSR count). The van der Waals surface area contributed by atoms with Gasteiger partial charge in [0.25, 0.3) is 11.5 Å². The van der Waals surface area contributed by atoms with Crippen LogP contribution in [-0.2, 0) is 9.53 Å². The summed E-state index contributed by atoms with van der Waals surface area (Å²) in [4.78, 5) is 41.0. The smallest absolute Gasteiger partial charge is 0.307 e. The maximum Gasteiger partial charge on any atom is 0.307 e. The van der Waals surface area contributed by atoms with Gasteiger partial charge < -0.3 is 19.5 Å². The maximum absolute atomic E-state index is 12.1. The zero-order chi connectivity index (χ0) is 14.7. The molecule has 0 bridgehead atoms. The van der Waals surface area contributed by atoms with E-state index in [2.05, 4.69) is 20.0 Å². The number of esters is 1. The van der Waals surface area contributed by atoms with Gasteiger partial charge in [0.05, 0.1) is 25.4 Å². The number of aromatic nitrogens is 2. The minimum atomic E-state index is -0.497. The Morgan fingerprint density at radius 2 is 2.25 bits per heavy atom. The number of carbonyl (C=O) groups is 2. The van der Waals surface area contributed by atoms with Crippen molar-refractivity contribution in [3.8, 4) is 0 Å². The van der Waals surface area contributed by atoms with Crippen LogP contribution in [-0.4, -0.2) is 35.5 Å². The molecule has 0 atom stereocenters. The van der Waals surface area contributed by atoms with Gasteiger partial charge in [0.15, 0.2) is 0 Å². The van der Waals surface area contributed by atoms with E-state index < -0.39 is 17.4 Å². The molecule has 0 aliphatic rings. The summed E-state index contributed by atoms with van der Waals surface area (Å²) < 4.78 is 9.73. The molecule has 20 heavy (non-hydrogen) atoms. The van der Waals surface area contributed by atoms with Gasteiger partial charge in [-0.2, -0.15) is 0 Å². The second-order valence-corrected chi connectivity index (χ2v) is 4.03. The highest BCUT2D eigenvalue weighted by Crippen LogP contribution is 2.20. The molecule has 0 fully saturated rings. The number of nitrogens with zero attached hydrogens (tertiary/aromatic N) is 1. The van der Waals surface area contributed by atoms with Crippen molar-refractivity contribution in [1.82, 2.24) is 15.3 Å². The molecular weight excluding hydrogens is 266 g/mol. The number of nitrogens with one attached hydrogen (secondary N) is 2. The van der Waals surface area contributed by atoms with Crippen LogP contribution < -0.4 is 10.9 Å². The zero-order valence-corrected chi connectivity index (χ0v) is 11.0. The number of aryl methyl sites for hydroxylation is 1. The monoisotopic (exact) mass is 279 g/mol. The molecule has 0 saturated heterocycles. The summed E-state index contributed by atoms with van der Waals surface area (Å²) >= 11 is 0. The van der Waals surface area contributed by atoms with E-state index in [1.54, 1.807) is 6.92 Å². The van der Waals surface area contributed by atoms with Crippen molar-refractivity contribution in [2.75, 3.05) is 13.7 Å². The summed E-state index contributed by atoms with van der Waals surface area (Å²) in [5, 5.41) is 2.63. The van der Waals surface area contributed by atoms with Crippen molar-refractivity contribution in [1.29, 1.82) is 0 Å². The molecule has 0 radical (unpaired) electrons. The highest BCUT2D eigenvalue weighted by Gasteiger charge is 2.21. The summed E-state index contributed by atoms with van der Waals surface area (Å²) in [6, 6.07) is 0. The van der Waals surface area contributed by atoms with Gasteiger partial charge in [0.2, 0.25) is 5.71 Å². The van der Waals surface area contributed by atoms with Crippen LogP contribution in [0, 0.1) is 6.92 Å². The van der Waals surface area contributed by atoms with Crippen molar-refractivity contribution in [2.24, 2.45) is 0 Å². The molecule has 0 aromatic carbocycles. The Hall–Kier alpha value is -2.64. The number of aromatic amines is 1. The SMILES string of the molecule is COC(=O)CCNC(=O)c1c(C)oc2nc[nH]c(=O)c12. The van der Waals surface area contributed by atoms with Crippen molar-refractivity contribution in [3.05, 3.63) is 28.0 Å². The lowest BCUT2D eigenvalue weighted by atomic mass is 10.2. The number of amides is 1. The molecule has 0 aliphatic heterocycles. The van der Waals surface area contributed by atoms with Crippen LogP contribution in [0.5, 0.6) is 0 Å². The zero-order valence-electron chi connectivity index (χ0n) is 11.0. The van der Waals surface area contributed by atoms with Gasteiger partial charge in [-0.15, -0.1) is 0 Å². The standard InChI is InChI=1S/C12H13N3O5/c1-6-8(10(17)13-4-3-7(16)19-2)9-11(18)14-5-15-12(9)20-6/h5H,3-4H2,1-2H3,(H,13,17)(H,14,15,18). The average Bonchev–Trinajstić information content (AvgIpc) is 2.76. The summed E-state index contributed by atoms with van der Waals surface area (Å²) in [5.41, 5.74) is -0.228. The predicted molar refractivity (Wildman–Crippen MR) is 68.3 cm³/mol. The number of hydrogen-bond donors (Lipinski definition) is 2. The molecule has 0 unspecified atom stereocenters. The molecule has 2 N–H and O–H groups in total. The molecule has 8 heteroatoms. The maximum atomic E-state index is 12.1. The molecule has 2 heterocycles. The first-order valence-corrected chi connectivity index (χ1v) is 5.86. The highest BCUT2D eigenvalue weighted by molar-refractivity contribution is 6.06. The lowest BCUT2D eigenvalue weighted by molar-refractivity contribution is -0.140. The van der Waals surface area contributed by atoms with Crippen molar-refractivity contribution < 1.29 is 18.7 Å². The Bertz CT molecular complexity index is 715. The second kappa shape index (κ2) is 5.55. The second-order valence-electron chi connectivity index (χ2n) is 4.03. The minimum Gasteiger partial charge on any atom is -0.469 e. The van der Waals surface area contributed by atoms with Crippen LogP contribution in [0.4, 0.5) is 0 Å². The number of furan rings is 1. The first kappa shape index (κ1) is 13.8. The number of hydrogen-bond acceptors (Lipinski definition) is 6. The largest absolute Gasteiger partial charge is 0.469 e. The molecule has 106 valence electrons. The van der Waals surface area contributed by atoms with Gasteiger partial charge >= 0.3 is 5.97 Å². The van der Waals surface area contributed by atoms with Crippen LogP contribution >= 0.6 is 0 Å². The lowest BCUT2D eigenvalue weighted by Gasteiger charge is -2.03. The number of H-pyrrole nitrogens is 1. The van der Waals surface area contributed by atoms with Gasteiger partial charge in [-0.25, -0.2) is 4.98 Å². The molecule has 0 spiro atoms. The van der Waals surface area contributed by atoms with E-state index in [9.17, 15) is 14.4 Å². The third-order valence-electron chi connectivity index (χ3n) is 2.74. The molecular formula is C12H13N3O5. The van der Waals surface area contributed by atoms with Crippen LogP contribution in [0.15, 0.2) is 15.5 Å². The van der Waals surface area contributed by atoms with Gasteiger partial charge in [-0.3, -0.25) is 14.4 Å². The van der Waals surface area contributed by atoms with Crippen LogP contribution in [0.25, 0.3) is 11.1 Å². The summed E-state index contributed by atoms with van der Waals surface area (Å²) in [7, 11) is 1.27.